The monoisotopic (exact) mass is 326 g/mol. The lowest BCUT2D eigenvalue weighted by Crippen LogP contribution is -3.00. The molecule has 5 nitrogen and oxygen atoms in total. The lowest BCUT2D eigenvalue weighted by molar-refractivity contribution is -0.377. The predicted octanol–water partition coefficient (Wildman–Crippen LogP) is -2.59. The summed E-state index contributed by atoms with van der Waals surface area (Å²) in [6, 6.07) is 4.12. The van der Waals surface area contributed by atoms with Gasteiger partial charge in [-0.1, -0.05) is 6.07 Å². The average molecular weight is 327 g/mol. The molecule has 1 aromatic rings. The number of likely N-dealkylation sites (tertiary alicyclic amines) is 1. The van der Waals surface area contributed by atoms with Crippen LogP contribution < -0.4 is 18.1 Å². The quantitative estimate of drug-likeness (QED) is 0.595. The van der Waals surface area contributed by atoms with E-state index in [9.17, 15) is 9.90 Å². The molecule has 2 aliphatic heterocycles. The maximum atomic E-state index is 11.6. The second-order valence-corrected chi connectivity index (χ2v) is 5.98. The van der Waals surface area contributed by atoms with Gasteiger partial charge in [-0.15, -0.1) is 0 Å². The third-order valence-electron chi connectivity index (χ3n) is 4.81. The number of hydrogen-bond donors (Lipinski definition) is 2. The summed E-state index contributed by atoms with van der Waals surface area (Å²) in [6.07, 6.45) is 1.82. The molecule has 1 unspecified atom stereocenters. The average Bonchev–Trinajstić information content (AvgIpc) is 3.06. The number of benzene rings is 1. The molecule has 4 N–H and O–H groups in total. The molecule has 0 radical (unpaired) electrons. The summed E-state index contributed by atoms with van der Waals surface area (Å²) in [5.74, 6) is -0.259. The highest BCUT2D eigenvalue weighted by molar-refractivity contribution is 5.93. The van der Waals surface area contributed by atoms with E-state index in [0.29, 0.717) is 24.8 Å². The molecule has 1 aromatic carbocycles. The van der Waals surface area contributed by atoms with Gasteiger partial charge in [-0.25, -0.2) is 4.79 Å². The highest BCUT2D eigenvalue weighted by Crippen LogP contribution is 2.30. The van der Waals surface area contributed by atoms with E-state index in [4.69, 9.17) is 4.74 Å². The van der Waals surface area contributed by atoms with Crippen molar-refractivity contribution in [3.63, 3.8) is 0 Å². The van der Waals surface area contributed by atoms with Crippen LogP contribution in [0.5, 0.6) is 0 Å². The van der Waals surface area contributed by atoms with Crippen LogP contribution in [0, 0.1) is 6.92 Å². The molecule has 2 atom stereocenters. The summed E-state index contributed by atoms with van der Waals surface area (Å²) >= 11 is 0. The molecule has 22 heavy (non-hydrogen) atoms. The summed E-state index contributed by atoms with van der Waals surface area (Å²) in [4.78, 5) is 13.9. The Bertz CT molecular complexity index is 565. The van der Waals surface area contributed by atoms with Crippen molar-refractivity contribution in [1.82, 2.24) is 4.90 Å². The normalized spacial score (nSPS) is 22.1. The Morgan fingerprint density at radius 3 is 3.00 bits per heavy atom. The molecule has 0 aromatic heterocycles. The van der Waals surface area contributed by atoms with Gasteiger partial charge in [0.15, 0.2) is 0 Å². The van der Waals surface area contributed by atoms with Crippen molar-refractivity contribution in [2.45, 2.75) is 38.5 Å². The summed E-state index contributed by atoms with van der Waals surface area (Å²) in [5.41, 5.74) is 7.44. The molecule has 0 amide bonds. The molecule has 0 spiro atoms. The number of β-amino-alcohol motifs (C(OH)–C–C–N with tert-alkyl or cyclic N) is 1. The van der Waals surface area contributed by atoms with Gasteiger partial charge in [0.2, 0.25) is 0 Å². The van der Waals surface area contributed by atoms with Gasteiger partial charge in [0.05, 0.1) is 24.3 Å². The van der Waals surface area contributed by atoms with Crippen LogP contribution in [0.3, 0.4) is 0 Å². The number of carbonyl (C=O) groups is 1. The van der Waals surface area contributed by atoms with E-state index in [-0.39, 0.29) is 18.4 Å². The molecule has 3 rings (SSSR count). The maximum absolute atomic E-state index is 11.6. The first-order valence-electron chi connectivity index (χ1n) is 7.62. The highest BCUT2D eigenvalue weighted by Gasteiger charge is 2.29. The van der Waals surface area contributed by atoms with E-state index in [0.717, 1.165) is 29.8 Å². The fourth-order valence-corrected chi connectivity index (χ4v) is 3.51. The van der Waals surface area contributed by atoms with Crippen molar-refractivity contribution in [2.75, 3.05) is 19.6 Å². The van der Waals surface area contributed by atoms with Crippen molar-refractivity contribution in [3.05, 3.63) is 34.4 Å². The summed E-state index contributed by atoms with van der Waals surface area (Å²) in [6.45, 7) is 4.84. The van der Waals surface area contributed by atoms with Crippen LogP contribution in [0.1, 0.15) is 46.0 Å². The molecule has 122 valence electrons. The van der Waals surface area contributed by atoms with Crippen LogP contribution in [0.2, 0.25) is 0 Å². The molecular formula is C16H23ClN2O3. The molecule has 0 bridgehead atoms. The smallest absolute Gasteiger partial charge is 0.338 e. The zero-order valence-corrected chi connectivity index (χ0v) is 13.6. The fraction of sp³-hybridized carbons (Fsp3) is 0.562. The Kier molecular flexibility index (Phi) is 5.45. The van der Waals surface area contributed by atoms with E-state index in [1.54, 1.807) is 6.07 Å². The highest BCUT2D eigenvalue weighted by atomic mass is 35.5. The van der Waals surface area contributed by atoms with Gasteiger partial charge < -0.3 is 28.0 Å². The largest absolute Gasteiger partial charge is 1.00 e. The van der Waals surface area contributed by atoms with Gasteiger partial charge in [-0.05, 0) is 43.5 Å². The molecule has 1 fully saturated rings. The predicted molar refractivity (Wildman–Crippen MR) is 77.6 cm³/mol. The van der Waals surface area contributed by atoms with Gasteiger partial charge in [0, 0.05) is 12.1 Å². The van der Waals surface area contributed by atoms with Gasteiger partial charge in [0.25, 0.3) is 0 Å². The van der Waals surface area contributed by atoms with Crippen molar-refractivity contribution in [2.24, 2.45) is 0 Å². The van der Waals surface area contributed by atoms with Gasteiger partial charge in [-0.2, -0.15) is 0 Å². The van der Waals surface area contributed by atoms with Gasteiger partial charge >= 0.3 is 5.97 Å². The number of nitrogens with zero attached hydrogens (tertiary/aromatic N) is 1. The van der Waals surface area contributed by atoms with E-state index >= 15 is 0 Å². The number of aliphatic hydroxyl groups is 1. The Hall–Kier alpha value is -1.14. The Morgan fingerprint density at radius 2 is 2.27 bits per heavy atom. The SMILES string of the molecule is Cc1c([C@@H](O)CN2CCCC2C[NH3+])ccc2c1COC2=O.[Cl-]. The number of rotatable bonds is 4. The Labute approximate surface area is 136 Å². The van der Waals surface area contributed by atoms with Crippen LogP contribution in [-0.4, -0.2) is 41.7 Å². The molecule has 1 saturated heterocycles. The minimum Gasteiger partial charge on any atom is -1.00 e. The van der Waals surface area contributed by atoms with Crippen LogP contribution in [-0.2, 0) is 11.3 Å². The van der Waals surface area contributed by atoms with Crippen LogP contribution >= 0.6 is 0 Å². The summed E-state index contributed by atoms with van der Waals surface area (Å²) in [7, 11) is 0. The Morgan fingerprint density at radius 1 is 1.50 bits per heavy atom. The number of carbonyl (C=O) groups excluding carboxylic acids is 1. The van der Waals surface area contributed by atoms with Gasteiger partial charge in [-0.3, -0.25) is 4.90 Å². The first kappa shape index (κ1) is 17.2. The number of cyclic esters (lactones) is 1. The van der Waals surface area contributed by atoms with E-state index in [2.05, 4.69) is 10.6 Å². The van der Waals surface area contributed by atoms with E-state index in [1.165, 1.54) is 12.8 Å². The van der Waals surface area contributed by atoms with Crippen molar-refractivity contribution in [1.29, 1.82) is 0 Å². The molecule has 2 aliphatic rings. The maximum Gasteiger partial charge on any atom is 0.338 e. The second-order valence-electron chi connectivity index (χ2n) is 5.98. The molecular weight excluding hydrogens is 304 g/mol. The standard InChI is InChI=1S/C16H22N2O3.ClH/c1-10-12(4-5-13-14(10)9-21-16(13)20)15(19)8-18-6-2-3-11(18)7-17;/h4-5,11,15,19H,2-3,6-9,17H2,1H3;1H/t11?,15-;/m0./s1. The van der Waals surface area contributed by atoms with Gasteiger partial charge in [0.1, 0.15) is 6.61 Å². The van der Waals surface area contributed by atoms with Crippen molar-refractivity contribution < 1.29 is 32.8 Å². The first-order valence-corrected chi connectivity index (χ1v) is 7.62. The summed E-state index contributed by atoms with van der Waals surface area (Å²) in [5, 5.41) is 10.6. The van der Waals surface area contributed by atoms with Crippen LogP contribution in [0.4, 0.5) is 0 Å². The lowest BCUT2D eigenvalue weighted by atomic mass is 9.95. The third kappa shape index (κ3) is 2.99. The van der Waals surface area contributed by atoms with E-state index < -0.39 is 6.10 Å². The van der Waals surface area contributed by atoms with Crippen molar-refractivity contribution in [3.8, 4) is 0 Å². The number of ether oxygens (including phenoxy) is 1. The number of quaternary nitrogens is 1. The molecule has 6 heteroatoms. The molecule has 0 saturated carbocycles. The Balaban J connectivity index is 0.00000176. The number of aliphatic hydroxyl groups excluding tert-OH is 1. The fourth-order valence-electron chi connectivity index (χ4n) is 3.51. The first-order chi connectivity index (χ1) is 10.1. The lowest BCUT2D eigenvalue weighted by Gasteiger charge is -2.25. The zero-order chi connectivity index (χ0) is 15.0. The molecule has 2 heterocycles. The third-order valence-corrected chi connectivity index (χ3v) is 4.81. The number of halogens is 1. The van der Waals surface area contributed by atoms with Crippen LogP contribution in [0.15, 0.2) is 12.1 Å². The minimum atomic E-state index is -0.529. The number of fused-ring (bicyclic) bond motifs is 1. The minimum absolute atomic E-state index is 0. The van der Waals surface area contributed by atoms with Crippen LogP contribution in [0.25, 0.3) is 0 Å². The number of esters is 1. The van der Waals surface area contributed by atoms with E-state index in [1.807, 2.05) is 13.0 Å². The zero-order valence-electron chi connectivity index (χ0n) is 12.8. The van der Waals surface area contributed by atoms with Crippen molar-refractivity contribution >= 4 is 5.97 Å². The second kappa shape index (κ2) is 6.96. The topological polar surface area (TPSA) is 77.4 Å². The summed E-state index contributed by atoms with van der Waals surface area (Å²) < 4.78 is 5.07. The number of hydrogen-bond acceptors (Lipinski definition) is 4. The molecule has 0 aliphatic carbocycles.